The number of nitrogens with zero attached hydrogens (tertiary/aromatic N) is 18. The van der Waals surface area contributed by atoms with Crippen molar-refractivity contribution >= 4 is 33.4 Å². The highest BCUT2D eigenvalue weighted by atomic mass is 32.2. The highest BCUT2D eigenvalue weighted by molar-refractivity contribution is 7.99. The Labute approximate surface area is 731 Å². The third-order valence-electron chi connectivity index (χ3n) is 11.6. The van der Waals surface area contributed by atoms with Crippen LogP contribution in [0.3, 0.4) is 0 Å². The lowest BCUT2D eigenvalue weighted by molar-refractivity contribution is 0.288. The van der Waals surface area contributed by atoms with Crippen LogP contribution in [0.15, 0.2) is 256 Å². The highest BCUT2D eigenvalue weighted by Gasteiger charge is 2.08. The lowest BCUT2D eigenvalue weighted by Gasteiger charge is -2.15. The average molecular weight is 1650 g/mol. The molecule has 10 heterocycles. The summed E-state index contributed by atoms with van der Waals surface area (Å²) in [7, 11) is 0. The fourth-order valence-electron chi connectivity index (χ4n) is 7.10. The van der Waals surface area contributed by atoms with Gasteiger partial charge in [-0.2, -0.15) is 25.5 Å². The normalized spacial score (nSPS) is 8.71. The number of para-hydroxylation sites is 2. The molecule has 0 spiro atoms. The molecule has 2 aliphatic rings. The molecule has 19 nitrogen and oxygen atoms in total. The average Bonchev–Trinajstić information content (AvgIpc) is 0.890. The summed E-state index contributed by atoms with van der Waals surface area (Å²) in [5.41, 5.74) is 9.12. The number of hydrogen-bond acceptors (Lipinski definition) is 20. The van der Waals surface area contributed by atoms with E-state index in [0.29, 0.717) is 5.82 Å². The van der Waals surface area contributed by atoms with Crippen molar-refractivity contribution in [2.75, 3.05) is 12.4 Å². The van der Waals surface area contributed by atoms with Gasteiger partial charge in [-0.25, -0.2) is 39.9 Å². The van der Waals surface area contributed by atoms with Crippen LogP contribution in [0.2, 0.25) is 0 Å². The van der Waals surface area contributed by atoms with Crippen LogP contribution >= 0.6 is 11.8 Å². The van der Waals surface area contributed by atoms with Gasteiger partial charge in [0.05, 0.1) is 48.3 Å². The number of benzene rings is 5. The number of hydrogen-bond donors (Lipinski definition) is 0. The molecule has 0 N–H and O–H groups in total. The fraction of sp³-hybridized carbons (Fsp3) is 0.434. The standard InChI is InChI=1S/C10H8.C9H7N.C9H10O.C9H10S.C6H7N.2C5H6N2.4C4H5N3.15C2H6/c1-2-6-10-8-4-3-7-9(10)5-1;3*1-2-6-9-8(4-1)5-3-7-10-9;1-6-2-4-7-5-3-6;1-5-2-3-6-4-7-5;1-5-2-3-6-7-4-5;1-4-6-2-5-3-7-4;1-4-2-6-7-3-5-4;1-4-2-5-3-6-7-4;1-4-5-2-3-6-7-4;15*1-2/h1-8H;1-7H;2*1-2,4,6H,3,5,7H2;2-5H,1H3;2*2-4H,1H3;4*2-3H,1H3;15*1-2H3. The maximum atomic E-state index is 5.42. The van der Waals surface area contributed by atoms with Gasteiger partial charge in [0, 0.05) is 53.2 Å². The lowest BCUT2D eigenvalue weighted by Crippen LogP contribution is -2.07. The Balaban J connectivity index is -0.000000116. The summed E-state index contributed by atoms with van der Waals surface area (Å²) in [5.74, 6) is 3.85. The molecule has 0 saturated carbocycles. The summed E-state index contributed by atoms with van der Waals surface area (Å²) in [6.07, 6.45) is 29.2. The third-order valence-corrected chi connectivity index (χ3v) is 12.8. The number of thioether (sulfide) groups is 1. The molecule has 662 valence electrons. The van der Waals surface area contributed by atoms with E-state index in [1.54, 1.807) is 68.3 Å². The molecule has 15 rings (SSSR count). The zero-order valence-corrected chi connectivity index (χ0v) is 82.1. The first-order chi connectivity index (χ1) is 58.6. The Kier molecular flexibility index (Phi) is 131. The molecule has 0 saturated heterocycles. The Hall–Kier alpha value is -10.7. The topological polar surface area (TPSA) is 241 Å². The van der Waals surface area contributed by atoms with Crippen LogP contribution in [0.1, 0.15) is 272 Å². The van der Waals surface area contributed by atoms with Gasteiger partial charge in [-0.15, -0.1) is 27.1 Å². The van der Waals surface area contributed by atoms with E-state index in [9.17, 15) is 0 Å². The van der Waals surface area contributed by atoms with E-state index in [0.717, 1.165) is 52.8 Å². The van der Waals surface area contributed by atoms with Crippen molar-refractivity contribution in [1.82, 2.24) is 90.6 Å². The summed E-state index contributed by atoms with van der Waals surface area (Å²) in [6, 6.07) is 53.5. The van der Waals surface area contributed by atoms with Crippen LogP contribution < -0.4 is 4.74 Å². The molecule has 0 fully saturated rings. The minimum atomic E-state index is 0.711. The maximum absolute atomic E-state index is 5.42. The Morgan fingerprint density at radius 1 is 0.269 bits per heavy atom. The first kappa shape index (κ1) is 132. The predicted molar refractivity (Wildman–Crippen MR) is 522 cm³/mol. The van der Waals surface area contributed by atoms with E-state index < -0.39 is 0 Å². The van der Waals surface area contributed by atoms with Gasteiger partial charge in [0.1, 0.15) is 49.0 Å². The highest BCUT2D eigenvalue weighted by Crippen LogP contribution is 2.29. The molecule has 20 heteroatoms. The second-order valence-corrected chi connectivity index (χ2v) is 20.0. The molecule has 5 aromatic carbocycles. The number of pyridine rings is 2. The van der Waals surface area contributed by atoms with Crippen molar-refractivity contribution in [1.29, 1.82) is 0 Å². The molecule has 0 bridgehead atoms. The molecule has 8 aromatic heterocycles. The minimum absolute atomic E-state index is 0.711. The van der Waals surface area contributed by atoms with Gasteiger partial charge >= 0.3 is 0 Å². The first-order valence-corrected chi connectivity index (χ1v) is 44.5. The van der Waals surface area contributed by atoms with Crippen LogP contribution in [0.25, 0.3) is 21.7 Å². The molecule has 0 unspecified atom stereocenters. The number of aryl methyl sites for hydroxylation is 9. The van der Waals surface area contributed by atoms with Crippen molar-refractivity contribution < 1.29 is 4.74 Å². The molecule has 13 aromatic rings. The largest absolute Gasteiger partial charge is 0.493 e. The van der Waals surface area contributed by atoms with Crippen molar-refractivity contribution in [3.05, 3.63) is 302 Å². The summed E-state index contributed by atoms with van der Waals surface area (Å²) >= 11 is 1.99. The molecular weight excluding hydrogens is 1490 g/mol. The van der Waals surface area contributed by atoms with E-state index in [2.05, 4.69) is 188 Å². The summed E-state index contributed by atoms with van der Waals surface area (Å²) in [4.78, 5) is 39.6. The minimum Gasteiger partial charge on any atom is -0.493 e. The van der Waals surface area contributed by atoms with E-state index in [-0.39, 0.29) is 0 Å². The van der Waals surface area contributed by atoms with Gasteiger partial charge < -0.3 is 4.74 Å². The molecule has 0 radical (unpaired) electrons. The predicted octanol–water partition coefficient (Wildman–Crippen LogP) is 28.9. The Morgan fingerprint density at radius 3 is 1.09 bits per heavy atom. The van der Waals surface area contributed by atoms with Gasteiger partial charge in [-0.05, 0) is 161 Å². The number of ether oxygens (including phenoxy) is 1. The summed E-state index contributed by atoms with van der Waals surface area (Å²) in [5, 5.41) is 32.5. The molecular formula is C99H164N18OS. The van der Waals surface area contributed by atoms with Crippen LogP contribution in [0.5, 0.6) is 5.75 Å². The number of aromatic nitrogens is 18. The Morgan fingerprint density at radius 2 is 0.739 bits per heavy atom. The van der Waals surface area contributed by atoms with E-state index in [1.807, 2.05) is 328 Å². The third kappa shape index (κ3) is 86.4. The van der Waals surface area contributed by atoms with Gasteiger partial charge in [0.25, 0.3) is 0 Å². The van der Waals surface area contributed by atoms with E-state index >= 15 is 0 Å². The van der Waals surface area contributed by atoms with Gasteiger partial charge in [-0.3, -0.25) is 9.97 Å². The van der Waals surface area contributed by atoms with Crippen LogP contribution in [-0.2, 0) is 12.8 Å². The van der Waals surface area contributed by atoms with Gasteiger partial charge in [0.2, 0.25) is 0 Å². The molecule has 0 atom stereocenters. The van der Waals surface area contributed by atoms with Crippen LogP contribution in [0, 0.1) is 48.5 Å². The van der Waals surface area contributed by atoms with E-state index in [4.69, 9.17) is 4.74 Å². The van der Waals surface area contributed by atoms with Crippen LogP contribution in [-0.4, -0.2) is 103 Å². The monoisotopic (exact) mass is 1650 g/mol. The number of fused-ring (bicyclic) bond motifs is 4. The fourth-order valence-corrected chi connectivity index (χ4v) is 8.14. The van der Waals surface area contributed by atoms with Gasteiger partial charge in [-0.1, -0.05) is 317 Å². The quantitative estimate of drug-likeness (QED) is 0.137. The lowest BCUT2D eigenvalue weighted by atomic mass is 10.1. The van der Waals surface area contributed by atoms with E-state index in [1.165, 1.54) is 88.8 Å². The smallest absolute Gasteiger partial charge is 0.147 e. The molecule has 0 amide bonds. The molecule has 0 aliphatic carbocycles. The summed E-state index contributed by atoms with van der Waals surface area (Å²) in [6.45, 7) is 74.2. The second kappa shape index (κ2) is 118. The first-order valence-electron chi connectivity index (χ1n) is 43.5. The van der Waals surface area contributed by atoms with Crippen molar-refractivity contribution in [2.45, 2.75) is 287 Å². The van der Waals surface area contributed by atoms with Gasteiger partial charge in [0.15, 0.2) is 0 Å². The van der Waals surface area contributed by atoms with Crippen molar-refractivity contribution in [3.63, 3.8) is 0 Å². The zero-order chi connectivity index (χ0) is 93.0. The van der Waals surface area contributed by atoms with Crippen LogP contribution in [0.4, 0.5) is 0 Å². The SMILES string of the molecule is CC.CC.CC.CC.CC.CC.CC.CC.CC.CC.CC.CC.CC.CC.CC.Cc1ccncc1.Cc1ccncn1.Cc1ccnnc1.Cc1cncnn1.Cc1cnncn1.Cc1nccnn1.Cc1ncncn1.c1ccc2c(c1)CCCO2.c1ccc2c(c1)CCCS2.c1ccc2ccccc2c1.c1ccc2ncccc2c1. The number of rotatable bonds is 0. The summed E-state index contributed by atoms with van der Waals surface area (Å²) < 4.78 is 5.42. The molecule has 119 heavy (non-hydrogen) atoms. The Bertz CT molecular complexity index is 3180. The van der Waals surface area contributed by atoms with Crippen molar-refractivity contribution in [3.8, 4) is 5.75 Å². The molecule has 2 aliphatic heterocycles. The van der Waals surface area contributed by atoms with Crippen molar-refractivity contribution in [2.24, 2.45) is 0 Å². The zero-order valence-electron chi connectivity index (χ0n) is 81.3. The second-order valence-electron chi connectivity index (χ2n) is 18.8. The maximum Gasteiger partial charge on any atom is 0.147 e.